The number of hydrogen-bond acceptors (Lipinski definition) is 7. The number of ether oxygens (including phenoxy) is 1. The van der Waals surface area contributed by atoms with Crippen molar-refractivity contribution in [3.63, 3.8) is 0 Å². The quantitative estimate of drug-likeness (QED) is 0.774. The van der Waals surface area contributed by atoms with Crippen LogP contribution in [0.4, 0.5) is 5.00 Å². The zero-order valence-corrected chi connectivity index (χ0v) is 17.3. The van der Waals surface area contributed by atoms with Crippen LogP contribution in [-0.2, 0) is 9.53 Å². The number of nitrogen functional groups attached to an aromatic ring is 1. The predicted molar refractivity (Wildman–Crippen MR) is 117 cm³/mol. The van der Waals surface area contributed by atoms with E-state index in [0.717, 1.165) is 42.4 Å². The van der Waals surface area contributed by atoms with Crippen LogP contribution in [-0.4, -0.2) is 47.7 Å². The summed E-state index contributed by atoms with van der Waals surface area (Å²) in [6.07, 6.45) is 7.92. The summed E-state index contributed by atoms with van der Waals surface area (Å²) < 4.78 is 6.03. The highest BCUT2D eigenvalue weighted by Gasteiger charge is 2.42. The summed E-state index contributed by atoms with van der Waals surface area (Å²) in [6.45, 7) is 9.33. The lowest BCUT2D eigenvalue weighted by atomic mass is 9.82. The van der Waals surface area contributed by atoms with Crippen molar-refractivity contribution in [2.45, 2.75) is 24.9 Å². The van der Waals surface area contributed by atoms with E-state index in [2.05, 4.69) is 30.1 Å². The maximum Gasteiger partial charge on any atom is 0.170 e. The van der Waals surface area contributed by atoms with Crippen LogP contribution in [0, 0.1) is 0 Å². The molecular weight excluding hydrogens is 386 g/mol. The third-order valence-corrected chi connectivity index (χ3v) is 6.27. The van der Waals surface area contributed by atoms with Crippen molar-refractivity contribution >= 4 is 38.6 Å². The summed E-state index contributed by atoms with van der Waals surface area (Å²) in [5, 5.41) is 1.38. The maximum atomic E-state index is 12.1. The normalized spacial score (nSPS) is 18.7. The second-order valence-corrected chi connectivity index (χ2v) is 8.26. The van der Waals surface area contributed by atoms with Crippen LogP contribution in [0.5, 0.6) is 0 Å². The number of nitrogens with zero attached hydrogens (tertiary/aromatic N) is 2. The van der Waals surface area contributed by atoms with Gasteiger partial charge in [-0.25, -0.2) is 4.98 Å². The fourth-order valence-corrected chi connectivity index (χ4v) is 4.49. The van der Waals surface area contributed by atoms with Gasteiger partial charge in [0.1, 0.15) is 16.2 Å². The highest BCUT2D eigenvalue weighted by Crippen LogP contribution is 2.38. The molecule has 0 atom stereocenters. The lowest BCUT2D eigenvalue weighted by Crippen LogP contribution is -2.47. The molecule has 0 radical (unpaired) electrons. The first kappa shape index (κ1) is 21.0. The number of Topliss-reactive ketones (excluding diaryl/α,β-unsaturated/α-hetero) is 1. The van der Waals surface area contributed by atoms with Crippen LogP contribution >= 0.6 is 11.3 Å². The van der Waals surface area contributed by atoms with Gasteiger partial charge in [0.05, 0.1) is 22.6 Å². The van der Waals surface area contributed by atoms with Gasteiger partial charge in [0.2, 0.25) is 0 Å². The number of ketones is 1. The number of carbonyl (C=O) groups excluding carboxylic acids is 2. The minimum Gasteiger partial charge on any atom is -0.486 e. The molecule has 0 unspecified atom stereocenters. The molecule has 4 rings (SSSR count). The molecule has 2 aliphatic rings. The Labute approximate surface area is 174 Å². The molecule has 2 aliphatic heterocycles. The Bertz CT molecular complexity index is 984. The standard InChI is InChI=1S/C14H19NO2.C8H6N2OS/c1-4-11-12(16)10-14(17-13(11)5-2)6-8-15(3)9-7-14;9-7-6(4-11)5-2-1-3-10-8(5)12-7/h4-5H,1-2,6-10H2,3H3;1-4H,9H2. The molecule has 2 aromatic rings. The molecule has 1 fully saturated rings. The molecule has 2 N–H and O–H groups in total. The van der Waals surface area contributed by atoms with E-state index in [1.807, 2.05) is 6.07 Å². The van der Waals surface area contributed by atoms with E-state index in [9.17, 15) is 9.59 Å². The van der Waals surface area contributed by atoms with Crippen LogP contribution < -0.4 is 5.73 Å². The van der Waals surface area contributed by atoms with Gasteiger partial charge in [0.15, 0.2) is 12.1 Å². The molecule has 29 heavy (non-hydrogen) atoms. The number of rotatable bonds is 3. The Kier molecular flexibility index (Phi) is 6.30. The summed E-state index contributed by atoms with van der Waals surface area (Å²) in [6, 6.07) is 3.64. The number of nitrogens with two attached hydrogens (primary N) is 1. The third-order valence-electron chi connectivity index (χ3n) is 5.31. The van der Waals surface area contributed by atoms with E-state index in [-0.39, 0.29) is 11.4 Å². The highest BCUT2D eigenvalue weighted by atomic mass is 32.1. The highest BCUT2D eigenvalue weighted by molar-refractivity contribution is 7.22. The summed E-state index contributed by atoms with van der Waals surface area (Å²) in [5.41, 5.74) is 6.44. The van der Waals surface area contributed by atoms with Crippen LogP contribution in [0.15, 0.2) is 55.0 Å². The summed E-state index contributed by atoms with van der Waals surface area (Å²) >= 11 is 1.34. The minimum atomic E-state index is -0.306. The molecule has 0 aliphatic carbocycles. The second-order valence-electron chi connectivity index (χ2n) is 7.23. The Balaban J connectivity index is 0.000000176. The molecule has 1 spiro atoms. The van der Waals surface area contributed by atoms with E-state index < -0.39 is 0 Å². The Morgan fingerprint density at radius 3 is 2.66 bits per heavy atom. The number of piperidine rings is 1. The van der Waals surface area contributed by atoms with Gasteiger partial charge in [-0.15, -0.1) is 0 Å². The number of thiophene rings is 1. The molecule has 7 heteroatoms. The predicted octanol–water partition coefficient (Wildman–Crippen LogP) is 3.76. The first-order valence-corrected chi connectivity index (χ1v) is 10.2. The lowest BCUT2D eigenvalue weighted by Gasteiger charge is -2.43. The lowest BCUT2D eigenvalue weighted by molar-refractivity contribution is -0.127. The smallest absolute Gasteiger partial charge is 0.170 e. The van der Waals surface area contributed by atoms with Crippen molar-refractivity contribution in [3.05, 3.63) is 60.5 Å². The molecule has 0 amide bonds. The zero-order chi connectivity index (χ0) is 21.0. The van der Waals surface area contributed by atoms with Gasteiger partial charge >= 0.3 is 0 Å². The first-order chi connectivity index (χ1) is 13.9. The Hall–Kier alpha value is -2.77. The minimum absolute atomic E-state index is 0.130. The van der Waals surface area contributed by atoms with Crippen molar-refractivity contribution < 1.29 is 14.3 Å². The van der Waals surface area contributed by atoms with E-state index >= 15 is 0 Å². The number of fused-ring (bicyclic) bond motifs is 1. The average Bonchev–Trinajstić information content (AvgIpc) is 3.05. The fourth-order valence-electron chi connectivity index (χ4n) is 3.61. The Morgan fingerprint density at radius 1 is 1.31 bits per heavy atom. The molecule has 152 valence electrons. The van der Waals surface area contributed by atoms with Crippen molar-refractivity contribution in [2.75, 3.05) is 25.9 Å². The maximum absolute atomic E-state index is 12.1. The molecule has 0 saturated carbocycles. The van der Waals surface area contributed by atoms with Gasteiger partial charge in [-0.2, -0.15) is 0 Å². The van der Waals surface area contributed by atoms with Gasteiger partial charge in [0, 0.05) is 37.5 Å². The zero-order valence-electron chi connectivity index (χ0n) is 16.5. The molecule has 2 aromatic heterocycles. The number of carbonyl (C=O) groups is 2. The topological polar surface area (TPSA) is 85.5 Å². The summed E-state index contributed by atoms with van der Waals surface area (Å²) in [5.74, 6) is 0.728. The van der Waals surface area contributed by atoms with Gasteiger partial charge in [0.25, 0.3) is 0 Å². The van der Waals surface area contributed by atoms with Gasteiger partial charge < -0.3 is 15.4 Å². The molecule has 6 nitrogen and oxygen atoms in total. The van der Waals surface area contributed by atoms with Crippen molar-refractivity contribution in [3.8, 4) is 0 Å². The van der Waals surface area contributed by atoms with Gasteiger partial charge in [-0.1, -0.05) is 30.6 Å². The molecule has 0 aromatic carbocycles. The number of allylic oxidation sites excluding steroid dienone is 3. The fraction of sp³-hybridized carbons (Fsp3) is 0.318. The van der Waals surface area contributed by atoms with Crippen molar-refractivity contribution in [2.24, 2.45) is 0 Å². The van der Waals surface area contributed by atoms with Gasteiger partial charge in [-0.3, -0.25) is 9.59 Å². The number of likely N-dealkylation sites (tertiary alicyclic amines) is 1. The molecule has 0 bridgehead atoms. The number of pyridine rings is 1. The summed E-state index contributed by atoms with van der Waals surface area (Å²) in [7, 11) is 2.09. The van der Waals surface area contributed by atoms with E-state index in [0.29, 0.717) is 28.3 Å². The van der Waals surface area contributed by atoms with E-state index in [4.69, 9.17) is 10.5 Å². The van der Waals surface area contributed by atoms with Crippen molar-refractivity contribution in [1.82, 2.24) is 9.88 Å². The summed E-state index contributed by atoms with van der Waals surface area (Å²) in [4.78, 5) is 29.9. The number of anilines is 1. The SMILES string of the molecule is C=CC1=C(C=C)C(=O)CC2(CCN(C)CC2)O1.Nc1sc2ncccc2c1C=O. The van der Waals surface area contributed by atoms with E-state index in [1.165, 1.54) is 11.3 Å². The second kappa shape index (κ2) is 8.71. The number of hydrogen-bond donors (Lipinski definition) is 1. The molecule has 1 saturated heterocycles. The Morgan fingerprint density at radius 2 is 2.03 bits per heavy atom. The van der Waals surface area contributed by atoms with Gasteiger partial charge in [-0.05, 0) is 25.3 Å². The first-order valence-electron chi connectivity index (χ1n) is 9.41. The number of aldehydes is 1. The third kappa shape index (κ3) is 4.31. The average molecular weight is 412 g/mol. The van der Waals surface area contributed by atoms with Crippen LogP contribution in [0.1, 0.15) is 29.6 Å². The monoisotopic (exact) mass is 411 g/mol. The molecular formula is C22H25N3O3S. The van der Waals surface area contributed by atoms with Crippen LogP contribution in [0.25, 0.3) is 10.2 Å². The van der Waals surface area contributed by atoms with Crippen LogP contribution in [0.2, 0.25) is 0 Å². The molecule has 4 heterocycles. The van der Waals surface area contributed by atoms with E-state index in [1.54, 1.807) is 24.4 Å². The van der Waals surface area contributed by atoms with Crippen LogP contribution in [0.3, 0.4) is 0 Å². The largest absolute Gasteiger partial charge is 0.486 e. The number of aromatic nitrogens is 1. The van der Waals surface area contributed by atoms with Crippen molar-refractivity contribution in [1.29, 1.82) is 0 Å².